The van der Waals surface area contributed by atoms with E-state index in [1.165, 1.54) is 14.2 Å². The first-order valence-corrected chi connectivity index (χ1v) is 9.79. The summed E-state index contributed by atoms with van der Waals surface area (Å²) in [6.07, 6.45) is -1.16. The molecule has 0 saturated heterocycles. The van der Waals surface area contributed by atoms with Crippen molar-refractivity contribution in [2.24, 2.45) is 0 Å². The van der Waals surface area contributed by atoms with Gasteiger partial charge in [-0.25, -0.2) is 4.79 Å². The van der Waals surface area contributed by atoms with Crippen molar-refractivity contribution in [3.8, 4) is 11.5 Å². The zero-order valence-corrected chi connectivity index (χ0v) is 18.0. The second-order valence-corrected chi connectivity index (χ2v) is 7.09. The SMILES string of the molecule is COc1ccc(C)cc1NC(=O)[C@H](OC(=O)c1cc(C)ccc1OC)c1ccccc1. The molecule has 0 aliphatic rings. The largest absolute Gasteiger partial charge is 0.496 e. The third-order valence-corrected chi connectivity index (χ3v) is 4.75. The number of methoxy groups -OCH3 is 2. The Labute approximate surface area is 181 Å². The van der Waals surface area contributed by atoms with E-state index in [1.807, 2.05) is 32.0 Å². The Balaban J connectivity index is 1.93. The Kier molecular flexibility index (Phi) is 6.92. The van der Waals surface area contributed by atoms with Gasteiger partial charge in [0.15, 0.2) is 0 Å². The van der Waals surface area contributed by atoms with Crippen molar-refractivity contribution < 1.29 is 23.8 Å². The lowest BCUT2D eigenvalue weighted by Crippen LogP contribution is -2.26. The smallest absolute Gasteiger partial charge is 0.343 e. The van der Waals surface area contributed by atoms with Crippen LogP contribution in [0, 0.1) is 13.8 Å². The van der Waals surface area contributed by atoms with E-state index in [4.69, 9.17) is 14.2 Å². The van der Waals surface area contributed by atoms with Gasteiger partial charge in [-0.15, -0.1) is 0 Å². The summed E-state index contributed by atoms with van der Waals surface area (Å²) >= 11 is 0. The van der Waals surface area contributed by atoms with E-state index in [9.17, 15) is 9.59 Å². The van der Waals surface area contributed by atoms with Crippen LogP contribution in [-0.2, 0) is 9.53 Å². The molecule has 1 N–H and O–H groups in total. The molecule has 1 amide bonds. The molecular formula is C25H25NO5. The highest BCUT2D eigenvalue weighted by Crippen LogP contribution is 2.29. The van der Waals surface area contributed by atoms with Crippen molar-refractivity contribution in [2.45, 2.75) is 20.0 Å². The molecule has 31 heavy (non-hydrogen) atoms. The van der Waals surface area contributed by atoms with Crippen LogP contribution < -0.4 is 14.8 Å². The predicted octanol–water partition coefficient (Wildman–Crippen LogP) is 4.86. The van der Waals surface area contributed by atoms with E-state index in [1.54, 1.807) is 48.5 Å². The van der Waals surface area contributed by atoms with Gasteiger partial charge < -0.3 is 19.5 Å². The van der Waals surface area contributed by atoms with Gasteiger partial charge in [-0.1, -0.05) is 48.0 Å². The van der Waals surface area contributed by atoms with Gasteiger partial charge in [0.1, 0.15) is 17.1 Å². The molecule has 0 unspecified atom stereocenters. The Morgan fingerprint density at radius 3 is 2.06 bits per heavy atom. The molecule has 0 fully saturated rings. The molecule has 1 atom stereocenters. The molecule has 0 aromatic heterocycles. The molecule has 160 valence electrons. The minimum absolute atomic E-state index is 0.254. The first kappa shape index (κ1) is 21.9. The number of esters is 1. The normalized spacial score (nSPS) is 11.4. The molecule has 3 rings (SSSR count). The highest BCUT2D eigenvalue weighted by Gasteiger charge is 2.28. The highest BCUT2D eigenvalue weighted by atomic mass is 16.6. The lowest BCUT2D eigenvalue weighted by Gasteiger charge is -2.20. The molecule has 3 aromatic carbocycles. The van der Waals surface area contributed by atoms with Crippen molar-refractivity contribution in [3.63, 3.8) is 0 Å². The van der Waals surface area contributed by atoms with Gasteiger partial charge in [-0.3, -0.25) is 4.79 Å². The van der Waals surface area contributed by atoms with Gasteiger partial charge in [-0.05, 0) is 43.7 Å². The highest BCUT2D eigenvalue weighted by molar-refractivity contribution is 5.99. The summed E-state index contributed by atoms with van der Waals surface area (Å²) in [6.45, 7) is 3.77. The summed E-state index contributed by atoms with van der Waals surface area (Å²) in [5.41, 5.74) is 3.13. The van der Waals surface area contributed by atoms with Crippen molar-refractivity contribution in [1.82, 2.24) is 0 Å². The minimum atomic E-state index is -1.16. The number of aryl methyl sites for hydroxylation is 2. The number of carbonyl (C=O) groups is 2. The van der Waals surface area contributed by atoms with Gasteiger partial charge in [-0.2, -0.15) is 0 Å². The van der Waals surface area contributed by atoms with Crippen LogP contribution in [0.5, 0.6) is 11.5 Å². The second-order valence-electron chi connectivity index (χ2n) is 7.09. The topological polar surface area (TPSA) is 73.9 Å². The Hall–Kier alpha value is -3.80. The molecule has 0 bridgehead atoms. The molecule has 0 radical (unpaired) electrons. The Morgan fingerprint density at radius 2 is 1.42 bits per heavy atom. The van der Waals surface area contributed by atoms with E-state index < -0.39 is 18.0 Å². The van der Waals surface area contributed by atoms with Crippen LogP contribution in [-0.4, -0.2) is 26.1 Å². The first-order chi connectivity index (χ1) is 14.9. The Morgan fingerprint density at radius 1 is 0.806 bits per heavy atom. The average Bonchev–Trinajstić information content (AvgIpc) is 2.78. The Bertz CT molecular complexity index is 1080. The fourth-order valence-electron chi connectivity index (χ4n) is 3.17. The monoisotopic (exact) mass is 419 g/mol. The predicted molar refractivity (Wildman–Crippen MR) is 119 cm³/mol. The summed E-state index contributed by atoms with van der Waals surface area (Å²) in [7, 11) is 3.01. The summed E-state index contributed by atoms with van der Waals surface area (Å²) in [4.78, 5) is 26.2. The number of anilines is 1. The molecule has 0 spiro atoms. The number of amides is 1. The molecular weight excluding hydrogens is 394 g/mol. The molecule has 0 saturated carbocycles. The zero-order valence-electron chi connectivity index (χ0n) is 18.0. The van der Waals surface area contributed by atoms with E-state index in [-0.39, 0.29) is 5.56 Å². The van der Waals surface area contributed by atoms with E-state index in [0.717, 1.165) is 11.1 Å². The van der Waals surface area contributed by atoms with Gasteiger partial charge in [0, 0.05) is 5.56 Å². The number of hydrogen-bond acceptors (Lipinski definition) is 5. The molecule has 0 heterocycles. The average molecular weight is 419 g/mol. The summed E-state index contributed by atoms with van der Waals surface area (Å²) in [5, 5.41) is 2.83. The molecule has 0 aliphatic carbocycles. The van der Waals surface area contributed by atoms with Crippen LogP contribution in [0.4, 0.5) is 5.69 Å². The fourth-order valence-corrected chi connectivity index (χ4v) is 3.17. The quantitative estimate of drug-likeness (QED) is 0.554. The first-order valence-electron chi connectivity index (χ1n) is 9.79. The second kappa shape index (κ2) is 9.80. The summed E-state index contributed by atoms with van der Waals surface area (Å²) in [5.74, 6) is -0.253. The number of benzene rings is 3. The number of hydrogen-bond donors (Lipinski definition) is 1. The van der Waals surface area contributed by atoms with Crippen molar-refractivity contribution >= 4 is 17.6 Å². The number of nitrogens with one attached hydrogen (secondary N) is 1. The third-order valence-electron chi connectivity index (χ3n) is 4.75. The molecule has 0 aliphatic heterocycles. The number of carbonyl (C=O) groups excluding carboxylic acids is 2. The van der Waals surface area contributed by atoms with Gasteiger partial charge >= 0.3 is 5.97 Å². The number of rotatable bonds is 7. The van der Waals surface area contributed by atoms with Crippen molar-refractivity contribution in [3.05, 3.63) is 89.0 Å². The van der Waals surface area contributed by atoms with Crippen LogP contribution in [0.15, 0.2) is 66.7 Å². The van der Waals surface area contributed by atoms with Crippen LogP contribution in [0.3, 0.4) is 0 Å². The fraction of sp³-hybridized carbons (Fsp3) is 0.200. The maximum absolute atomic E-state index is 13.2. The van der Waals surface area contributed by atoms with Crippen molar-refractivity contribution in [1.29, 1.82) is 0 Å². The summed E-state index contributed by atoms with van der Waals surface area (Å²) < 4.78 is 16.3. The maximum Gasteiger partial charge on any atom is 0.343 e. The van der Waals surface area contributed by atoms with E-state index >= 15 is 0 Å². The van der Waals surface area contributed by atoms with E-state index in [2.05, 4.69) is 5.32 Å². The van der Waals surface area contributed by atoms with Crippen LogP contribution >= 0.6 is 0 Å². The third kappa shape index (κ3) is 5.22. The van der Waals surface area contributed by atoms with Gasteiger partial charge in [0.05, 0.1) is 19.9 Å². The lowest BCUT2D eigenvalue weighted by atomic mass is 10.1. The zero-order chi connectivity index (χ0) is 22.4. The lowest BCUT2D eigenvalue weighted by molar-refractivity contribution is -0.125. The van der Waals surface area contributed by atoms with Crippen LogP contribution in [0.2, 0.25) is 0 Å². The van der Waals surface area contributed by atoms with E-state index in [0.29, 0.717) is 22.7 Å². The van der Waals surface area contributed by atoms with Crippen molar-refractivity contribution in [2.75, 3.05) is 19.5 Å². The minimum Gasteiger partial charge on any atom is -0.496 e. The van der Waals surface area contributed by atoms with Crippen LogP contribution in [0.1, 0.15) is 33.2 Å². The van der Waals surface area contributed by atoms with Gasteiger partial charge in [0.25, 0.3) is 5.91 Å². The molecule has 6 heteroatoms. The standard InChI is InChI=1S/C25H25NO5/c1-16-10-12-21(29-3)19(14-16)25(28)31-23(18-8-6-5-7-9-18)24(27)26-20-15-17(2)11-13-22(20)30-4/h5-15,23H,1-4H3,(H,26,27)/t23-/m1/s1. The maximum atomic E-state index is 13.2. The molecule has 6 nitrogen and oxygen atoms in total. The van der Waals surface area contributed by atoms with Crippen LogP contribution in [0.25, 0.3) is 0 Å². The molecule has 3 aromatic rings. The van der Waals surface area contributed by atoms with Gasteiger partial charge in [0.2, 0.25) is 6.10 Å². The summed E-state index contributed by atoms with van der Waals surface area (Å²) in [6, 6.07) is 19.5. The number of ether oxygens (including phenoxy) is 3.